The number of nitrogens with zero attached hydrogens (tertiary/aromatic N) is 2. The fraction of sp³-hybridized carbons (Fsp3) is 0. The molecule has 2 heterocycles. The second-order valence-corrected chi connectivity index (χ2v) is 3.75. The maximum absolute atomic E-state index is 4.23. The van der Waals surface area contributed by atoms with Gasteiger partial charge in [0.05, 0.1) is 17.2 Å². The van der Waals surface area contributed by atoms with E-state index in [9.17, 15) is 0 Å². The Kier molecular flexibility index (Phi) is 1.87. The first-order chi connectivity index (χ1) is 5.25. The van der Waals surface area contributed by atoms with Crippen molar-refractivity contribution in [2.75, 3.05) is 0 Å². The van der Waals surface area contributed by atoms with Gasteiger partial charge in [0.15, 0.2) is 3.83 Å². The lowest BCUT2D eigenvalue weighted by molar-refractivity contribution is 1.15. The minimum atomic E-state index is 0.777. The molecular weight excluding hydrogens is 268 g/mol. The van der Waals surface area contributed by atoms with E-state index in [-0.39, 0.29) is 0 Å². The van der Waals surface area contributed by atoms with E-state index in [1.807, 2.05) is 6.07 Å². The molecule has 0 aliphatic carbocycles. The first-order valence-electron chi connectivity index (χ1n) is 3.02. The Morgan fingerprint density at radius 1 is 1.55 bits per heavy atom. The summed E-state index contributed by atoms with van der Waals surface area (Å²) in [6.07, 6.45) is 1.79. The molecule has 0 saturated carbocycles. The molecule has 11 heavy (non-hydrogen) atoms. The lowest BCUT2D eigenvalue weighted by Crippen LogP contribution is -1.99. The van der Waals surface area contributed by atoms with Gasteiger partial charge < -0.3 is 4.98 Å². The Morgan fingerprint density at radius 2 is 2.36 bits per heavy atom. The second kappa shape index (κ2) is 2.74. The Bertz CT molecular complexity index is 398. The molecule has 3 nitrogen and oxygen atoms in total. The lowest BCUT2D eigenvalue weighted by atomic mass is 10.5. The van der Waals surface area contributed by atoms with Crippen LogP contribution in [0.25, 0.3) is 11.0 Å². The van der Waals surface area contributed by atoms with Crippen molar-refractivity contribution in [2.45, 2.75) is 0 Å². The molecule has 2 rings (SSSR count). The van der Waals surface area contributed by atoms with E-state index in [1.165, 1.54) is 0 Å². The van der Waals surface area contributed by atoms with Crippen LogP contribution < -0.4 is 4.56 Å². The van der Waals surface area contributed by atoms with Crippen LogP contribution in [0.1, 0.15) is 0 Å². The quantitative estimate of drug-likeness (QED) is 0.427. The molecule has 0 fully saturated rings. The number of fused-ring (bicyclic) bond motifs is 1. The van der Waals surface area contributed by atoms with Crippen molar-refractivity contribution >= 4 is 54.5 Å². The van der Waals surface area contributed by atoms with E-state index < -0.39 is 0 Å². The lowest BCUT2D eigenvalue weighted by Gasteiger charge is -1.87. The summed E-state index contributed by atoms with van der Waals surface area (Å²) in [7, 11) is 0. The molecule has 0 spiro atoms. The third-order valence-electron chi connectivity index (χ3n) is 1.36. The Balaban J connectivity index is 2.82. The summed E-state index contributed by atoms with van der Waals surface area (Å²) < 4.78 is 1.82. The van der Waals surface area contributed by atoms with Crippen LogP contribution in [0.4, 0.5) is 0 Å². The van der Waals surface area contributed by atoms with Gasteiger partial charge in [-0.25, -0.2) is 9.97 Å². The summed E-state index contributed by atoms with van der Waals surface area (Å²) in [6, 6.07) is 1.98. The van der Waals surface area contributed by atoms with Gasteiger partial charge in [0.2, 0.25) is 16.3 Å². The Labute approximate surface area is 85.2 Å². The third-order valence-corrected chi connectivity index (χ3v) is 2.19. The molecule has 5 heteroatoms. The van der Waals surface area contributed by atoms with Gasteiger partial charge in [0.1, 0.15) is 0 Å². The van der Waals surface area contributed by atoms with E-state index in [2.05, 4.69) is 53.8 Å². The molecule has 0 saturated heterocycles. The minimum Gasteiger partial charge on any atom is -0.374 e. The third kappa shape index (κ3) is 1.41. The molecule has 2 aromatic rings. The summed E-state index contributed by atoms with van der Waals surface area (Å²) in [5.41, 5.74) is 1.95. The van der Waals surface area contributed by atoms with Crippen molar-refractivity contribution in [3.63, 3.8) is 0 Å². The zero-order chi connectivity index (χ0) is 7.84. The first-order valence-corrected chi connectivity index (χ1v) is 4.68. The molecule has 0 aliphatic rings. The number of aromatic amines is 1. The van der Waals surface area contributed by atoms with Crippen molar-refractivity contribution in [1.29, 1.82) is 0 Å². The van der Waals surface area contributed by atoms with Gasteiger partial charge in [-0.15, -0.1) is 0 Å². The van der Waals surface area contributed by atoms with E-state index in [0.29, 0.717) is 0 Å². The maximum atomic E-state index is 4.23. The highest BCUT2D eigenvalue weighted by Gasteiger charge is 1.97. The fourth-order valence-electron chi connectivity index (χ4n) is 0.918. The number of rotatable bonds is 0. The van der Waals surface area contributed by atoms with Gasteiger partial charge in [-0.05, 0) is 6.07 Å². The van der Waals surface area contributed by atoms with E-state index in [0.717, 1.165) is 19.4 Å². The molecule has 0 amide bonds. The maximum Gasteiger partial charge on any atom is 0.205 e. The average Bonchev–Trinajstić information content (AvgIpc) is 2.27. The van der Waals surface area contributed by atoms with Crippen LogP contribution in [0, 0.1) is 3.83 Å². The second-order valence-electron chi connectivity index (χ2n) is 2.16. The Morgan fingerprint density at radius 3 is 3.18 bits per heavy atom. The number of nitrogens with one attached hydrogen (secondary N) is 1. The van der Waals surface area contributed by atoms with Gasteiger partial charge in [0, 0.05) is 22.6 Å². The molecule has 52 valence electrons. The summed E-state index contributed by atoms with van der Waals surface area (Å²) in [4.78, 5) is 11.4. The average molecular weight is 271 g/mol. The van der Waals surface area contributed by atoms with Crippen molar-refractivity contribution in [3.8, 4) is 0 Å². The zero-order valence-electron chi connectivity index (χ0n) is 5.50. The number of halogens is 1. The predicted molar refractivity (Wildman–Crippen MR) is 52.0 cm³/mol. The SMILES string of the molecule is [Al][c]1cc2nc(I)ncc2[nH]1. The molecule has 2 radical (unpaired) electrons. The van der Waals surface area contributed by atoms with E-state index >= 15 is 0 Å². The number of aromatic nitrogens is 3. The highest BCUT2D eigenvalue weighted by atomic mass is 127. The molecule has 0 aliphatic heterocycles. The van der Waals surface area contributed by atoms with Crippen LogP contribution in [0.5, 0.6) is 0 Å². The van der Waals surface area contributed by atoms with Gasteiger partial charge in [-0.2, -0.15) is 0 Å². The molecule has 1 N–H and O–H groups in total. The van der Waals surface area contributed by atoms with Crippen molar-refractivity contribution in [3.05, 3.63) is 16.1 Å². The summed E-state index contributed by atoms with van der Waals surface area (Å²) in [5.74, 6) is 0. The van der Waals surface area contributed by atoms with Gasteiger partial charge in [-0.3, -0.25) is 0 Å². The largest absolute Gasteiger partial charge is 0.374 e. The predicted octanol–water partition coefficient (Wildman–Crippen LogP) is 0.356. The topological polar surface area (TPSA) is 41.6 Å². The number of hydrogen-bond acceptors (Lipinski definition) is 2. The molecule has 0 bridgehead atoms. The molecule has 0 unspecified atom stereocenters. The summed E-state index contributed by atoms with van der Waals surface area (Å²) in [6.45, 7) is 0. The van der Waals surface area contributed by atoms with Crippen LogP contribution in [-0.4, -0.2) is 31.2 Å². The van der Waals surface area contributed by atoms with Gasteiger partial charge >= 0.3 is 0 Å². The molecule has 2 aromatic heterocycles. The van der Waals surface area contributed by atoms with Crippen LogP contribution in [0.15, 0.2) is 12.3 Å². The van der Waals surface area contributed by atoms with E-state index in [4.69, 9.17) is 0 Å². The molecular formula is C6H3AlIN3. The molecule has 0 atom stereocenters. The number of H-pyrrole nitrogens is 1. The summed E-state index contributed by atoms with van der Waals surface area (Å²) >= 11 is 4.69. The fourth-order valence-corrected chi connectivity index (χ4v) is 1.63. The Hall–Kier alpha value is -0.118. The van der Waals surface area contributed by atoms with Crippen LogP contribution in [-0.2, 0) is 0 Å². The van der Waals surface area contributed by atoms with Crippen LogP contribution >= 0.6 is 22.6 Å². The van der Waals surface area contributed by atoms with E-state index in [1.54, 1.807) is 6.20 Å². The van der Waals surface area contributed by atoms with Gasteiger partial charge in [0.25, 0.3) is 0 Å². The van der Waals surface area contributed by atoms with Crippen molar-refractivity contribution < 1.29 is 0 Å². The van der Waals surface area contributed by atoms with Gasteiger partial charge in [-0.1, -0.05) is 4.56 Å². The monoisotopic (exact) mass is 271 g/mol. The van der Waals surface area contributed by atoms with Crippen molar-refractivity contribution in [2.24, 2.45) is 0 Å². The standard InChI is InChI=1S/C6H3IN3.Al/c7-6-9-3-5-4(10-6)1-2-8-5;/h1,3,8H;. The van der Waals surface area contributed by atoms with Crippen molar-refractivity contribution in [1.82, 2.24) is 15.0 Å². The highest BCUT2D eigenvalue weighted by Crippen LogP contribution is 2.06. The van der Waals surface area contributed by atoms with Crippen LogP contribution in [0.3, 0.4) is 0 Å². The molecule has 0 aromatic carbocycles. The van der Waals surface area contributed by atoms with Crippen LogP contribution in [0.2, 0.25) is 0 Å². The summed E-state index contributed by atoms with van der Waals surface area (Å²) in [5, 5.41) is 0. The highest BCUT2D eigenvalue weighted by molar-refractivity contribution is 14.1. The normalized spacial score (nSPS) is 10.6. The zero-order valence-corrected chi connectivity index (χ0v) is 8.82. The smallest absolute Gasteiger partial charge is 0.205 e. The minimum absolute atomic E-state index is 0.777. The number of hydrogen-bond donors (Lipinski definition) is 1. The first kappa shape index (κ1) is 7.53.